The first-order valence-electron chi connectivity index (χ1n) is 7.23. The van der Waals surface area contributed by atoms with Crippen molar-refractivity contribution in [3.8, 4) is 0 Å². The van der Waals surface area contributed by atoms with Crippen LogP contribution in [0.25, 0.3) is 0 Å². The molecule has 1 aliphatic carbocycles. The van der Waals surface area contributed by atoms with E-state index in [1.807, 2.05) is 12.1 Å². The van der Waals surface area contributed by atoms with E-state index in [-0.39, 0.29) is 24.2 Å². The van der Waals surface area contributed by atoms with E-state index in [1.54, 1.807) is 12.4 Å². The van der Waals surface area contributed by atoms with Crippen molar-refractivity contribution in [2.75, 3.05) is 13.2 Å². The average molecular weight is 276 g/mol. The maximum absolute atomic E-state index is 12.0. The molecule has 0 bridgehead atoms. The Bertz CT molecular complexity index is 452. The Morgan fingerprint density at radius 2 is 2.15 bits per heavy atom. The predicted molar refractivity (Wildman–Crippen MR) is 73.2 cm³/mol. The van der Waals surface area contributed by atoms with Gasteiger partial charge in [0.15, 0.2) is 0 Å². The molecule has 1 saturated carbocycles. The van der Waals surface area contributed by atoms with Crippen LogP contribution in [-0.2, 0) is 20.7 Å². The van der Waals surface area contributed by atoms with Gasteiger partial charge >= 0.3 is 0 Å². The molecule has 0 radical (unpaired) electrons. The number of carbonyl (C=O) groups excluding carboxylic acids is 1. The van der Waals surface area contributed by atoms with Crippen LogP contribution in [0, 0.1) is 0 Å². The molecule has 3 atom stereocenters. The van der Waals surface area contributed by atoms with Gasteiger partial charge in [-0.05, 0) is 30.9 Å². The highest BCUT2D eigenvalue weighted by Crippen LogP contribution is 2.26. The van der Waals surface area contributed by atoms with Crippen LogP contribution in [0.3, 0.4) is 0 Å². The van der Waals surface area contributed by atoms with Crippen molar-refractivity contribution in [1.82, 2.24) is 10.3 Å². The van der Waals surface area contributed by atoms with Crippen molar-refractivity contribution in [3.63, 3.8) is 0 Å². The van der Waals surface area contributed by atoms with E-state index in [0.717, 1.165) is 24.8 Å². The quantitative estimate of drug-likeness (QED) is 0.897. The van der Waals surface area contributed by atoms with Crippen LogP contribution in [-0.4, -0.2) is 42.4 Å². The normalized spacial score (nSPS) is 29.5. The van der Waals surface area contributed by atoms with Gasteiger partial charge in [0.25, 0.3) is 0 Å². The number of carbonyl (C=O) groups is 1. The first kappa shape index (κ1) is 13.5. The number of ether oxygens (including phenoxy) is 2. The molecule has 20 heavy (non-hydrogen) atoms. The highest BCUT2D eigenvalue weighted by molar-refractivity contribution is 5.78. The SMILES string of the molecule is O=C(Cc1cccnc1)NC1CCC2OCCOC2C1. The van der Waals surface area contributed by atoms with Gasteiger partial charge in [0.1, 0.15) is 0 Å². The first-order chi connectivity index (χ1) is 9.81. The highest BCUT2D eigenvalue weighted by Gasteiger charge is 2.34. The van der Waals surface area contributed by atoms with Crippen LogP contribution in [0.4, 0.5) is 0 Å². The zero-order chi connectivity index (χ0) is 13.8. The summed E-state index contributed by atoms with van der Waals surface area (Å²) in [5, 5.41) is 3.10. The van der Waals surface area contributed by atoms with Gasteiger partial charge in [-0.25, -0.2) is 0 Å². The van der Waals surface area contributed by atoms with Crippen LogP contribution in [0.1, 0.15) is 24.8 Å². The van der Waals surface area contributed by atoms with Crippen molar-refractivity contribution in [1.29, 1.82) is 0 Å². The molecular weight excluding hydrogens is 256 g/mol. The second-order valence-corrected chi connectivity index (χ2v) is 5.43. The fourth-order valence-electron chi connectivity index (χ4n) is 2.96. The number of pyridine rings is 1. The highest BCUT2D eigenvalue weighted by atomic mass is 16.6. The monoisotopic (exact) mass is 276 g/mol. The summed E-state index contributed by atoms with van der Waals surface area (Å²) in [4.78, 5) is 16.1. The summed E-state index contributed by atoms with van der Waals surface area (Å²) in [7, 11) is 0. The molecule has 2 heterocycles. The molecule has 0 aromatic carbocycles. The molecule has 1 N–H and O–H groups in total. The summed E-state index contributed by atoms with van der Waals surface area (Å²) >= 11 is 0. The molecule has 1 aromatic rings. The minimum absolute atomic E-state index is 0.0539. The molecule has 108 valence electrons. The predicted octanol–water partition coefficient (Wildman–Crippen LogP) is 1.08. The lowest BCUT2D eigenvalue weighted by molar-refractivity contribution is -0.158. The summed E-state index contributed by atoms with van der Waals surface area (Å²) < 4.78 is 11.4. The third-order valence-electron chi connectivity index (χ3n) is 3.93. The molecule has 2 aliphatic rings. The molecule has 3 rings (SSSR count). The number of rotatable bonds is 3. The van der Waals surface area contributed by atoms with Crippen LogP contribution in [0.2, 0.25) is 0 Å². The topological polar surface area (TPSA) is 60.5 Å². The van der Waals surface area contributed by atoms with Gasteiger partial charge in [0.2, 0.25) is 5.91 Å². The summed E-state index contributed by atoms with van der Waals surface area (Å²) in [6.45, 7) is 1.36. The van der Waals surface area contributed by atoms with Crippen LogP contribution < -0.4 is 5.32 Å². The summed E-state index contributed by atoms with van der Waals surface area (Å²) in [6, 6.07) is 3.96. The molecule has 5 heteroatoms. The third-order valence-corrected chi connectivity index (χ3v) is 3.93. The third kappa shape index (κ3) is 3.35. The number of fused-ring (bicyclic) bond motifs is 1. The molecular formula is C15H20N2O3. The van der Waals surface area contributed by atoms with Gasteiger partial charge in [0, 0.05) is 18.4 Å². The number of aromatic nitrogens is 1. The van der Waals surface area contributed by atoms with E-state index in [0.29, 0.717) is 19.6 Å². The second kappa shape index (κ2) is 6.33. The zero-order valence-electron chi connectivity index (χ0n) is 11.5. The fourth-order valence-corrected chi connectivity index (χ4v) is 2.96. The average Bonchev–Trinajstić information content (AvgIpc) is 2.48. The minimum Gasteiger partial charge on any atom is -0.373 e. The Morgan fingerprint density at radius 1 is 1.30 bits per heavy atom. The minimum atomic E-state index is 0.0539. The van der Waals surface area contributed by atoms with E-state index in [2.05, 4.69) is 10.3 Å². The van der Waals surface area contributed by atoms with E-state index in [4.69, 9.17) is 9.47 Å². The lowest BCUT2D eigenvalue weighted by Crippen LogP contribution is -2.49. The first-order valence-corrected chi connectivity index (χ1v) is 7.23. The Labute approximate surface area is 118 Å². The lowest BCUT2D eigenvalue weighted by Gasteiger charge is -2.39. The van der Waals surface area contributed by atoms with Crippen molar-refractivity contribution < 1.29 is 14.3 Å². The van der Waals surface area contributed by atoms with Crippen molar-refractivity contribution in [3.05, 3.63) is 30.1 Å². The van der Waals surface area contributed by atoms with E-state index in [1.165, 1.54) is 0 Å². The summed E-state index contributed by atoms with van der Waals surface area (Å²) in [5.41, 5.74) is 0.941. The number of amides is 1. The molecule has 1 aliphatic heterocycles. The number of hydrogen-bond acceptors (Lipinski definition) is 4. The van der Waals surface area contributed by atoms with E-state index in [9.17, 15) is 4.79 Å². The van der Waals surface area contributed by atoms with Gasteiger partial charge in [-0.15, -0.1) is 0 Å². The van der Waals surface area contributed by atoms with Crippen molar-refractivity contribution in [2.24, 2.45) is 0 Å². The van der Waals surface area contributed by atoms with Crippen molar-refractivity contribution in [2.45, 2.75) is 43.9 Å². The molecule has 3 unspecified atom stereocenters. The van der Waals surface area contributed by atoms with E-state index < -0.39 is 0 Å². The van der Waals surface area contributed by atoms with Gasteiger partial charge in [-0.2, -0.15) is 0 Å². The fraction of sp³-hybridized carbons (Fsp3) is 0.600. The molecule has 0 spiro atoms. The Kier molecular flexibility index (Phi) is 4.28. The van der Waals surface area contributed by atoms with Gasteiger partial charge in [-0.3, -0.25) is 9.78 Å². The van der Waals surface area contributed by atoms with Crippen LogP contribution in [0.15, 0.2) is 24.5 Å². The molecule has 1 amide bonds. The van der Waals surface area contributed by atoms with Crippen molar-refractivity contribution >= 4 is 5.91 Å². The van der Waals surface area contributed by atoms with Crippen LogP contribution in [0.5, 0.6) is 0 Å². The Hall–Kier alpha value is -1.46. The maximum Gasteiger partial charge on any atom is 0.224 e. The maximum atomic E-state index is 12.0. The van der Waals surface area contributed by atoms with Gasteiger partial charge in [-0.1, -0.05) is 6.07 Å². The molecule has 5 nitrogen and oxygen atoms in total. The van der Waals surface area contributed by atoms with Crippen LogP contribution >= 0.6 is 0 Å². The zero-order valence-corrected chi connectivity index (χ0v) is 11.5. The number of nitrogens with one attached hydrogen (secondary N) is 1. The molecule has 2 fully saturated rings. The van der Waals surface area contributed by atoms with Gasteiger partial charge in [0.05, 0.1) is 31.8 Å². The summed E-state index contributed by atoms with van der Waals surface area (Å²) in [6.07, 6.45) is 6.96. The largest absolute Gasteiger partial charge is 0.373 e. The number of nitrogens with zero attached hydrogens (tertiary/aromatic N) is 1. The lowest BCUT2D eigenvalue weighted by atomic mass is 9.89. The number of hydrogen-bond donors (Lipinski definition) is 1. The summed E-state index contributed by atoms with van der Waals surface area (Å²) in [5.74, 6) is 0.0539. The molecule has 1 saturated heterocycles. The van der Waals surface area contributed by atoms with Gasteiger partial charge < -0.3 is 14.8 Å². The standard InChI is InChI=1S/C15H20N2O3/c18-15(8-11-2-1-5-16-10-11)17-12-3-4-13-14(9-12)20-7-6-19-13/h1-2,5,10,12-14H,3-4,6-9H2,(H,17,18). The Balaban J connectivity index is 1.49. The smallest absolute Gasteiger partial charge is 0.224 e. The Morgan fingerprint density at radius 3 is 2.95 bits per heavy atom. The molecule has 1 aromatic heterocycles. The van der Waals surface area contributed by atoms with E-state index >= 15 is 0 Å². The second-order valence-electron chi connectivity index (χ2n) is 5.43.